The number of carbonyl (C=O) groups is 1. The van der Waals surface area contributed by atoms with Gasteiger partial charge in [0.05, 0.1) is 0 Å². The Morgan fingerprint density at radius 2 is 1.68 bits per heavy atom. The summed E-state index contributed by atoms with van der Waals surface area (Å²) in [7, 11) is 3.65. The number of nitrogens with zero attached hydrogens (tertiary/aromatic N) is 3. The van der Waals surface area contributed by atoms with Crippen LogP contribution in [0.5, 0.6) is 0 Å². The molecule has 0 aromatic rings. The molecule has 0 aromatic carbocycles. The summed E-state index contributed by atoms with van der Waals surface area (Å²) in [6, 6.07) is 0.568. The van der Waals surface area contributed by atoms with E-state index >= 15 is 0 Å². The van der Waals surface area contributed by atoms with Gasteiger partial charge in [0.1, 0.15) is 0 Å². The highest BCUT2D eigenvalue weighted by molar-refractivity contribution is 5.73. The van der Waals surface area contributed by atoms with E-state index in [-0.39, 0.29) is 6.03 Å². The maximum Gasteiger partial charge on any atom is 0.319 e. The van der Waals surface area contributed by atoms with Crippen molar-refractivity contribution >= 4 is 6.03 Å². The summed E-state index contributed by atoms with van der Waals surface area (Å²) >= 11 is 0. The molecule has 2 N–H and O–H groups in total. The molecule has 0 bridgehead atoms. The number of likely N-dealkylation sites (tertiary alicyclic amines) is 2. The lowest BCUT2D eigenvalue weighted by Crippen LogP contribution is -2.47. The maximum absolute atomic E-state index is 11.9. The summed E-state index contributed by atoms with van der Waals surface area (Å²) in [4.78, 5) is 18.1. The number of urea groups is 1. The van der Waals surface area contributed by atoms with E-state index in [9.17, 15) is 4.79 Å². The van der Waals surface area contributed by atoms with Gasteiger partial charge in [-0.15, -0.1) is 0 Å². The largest absolute Gasteiger partial charge is 0.331 e. The second kappa shape index (κ2) is 6.57. The molecule has 0 atom stereocenters. The summed E-state index contributed by atoms with van der Waals surface area (Å²) in [5.74, 6) is 0.750. The second-order valence-corrected chi connectivity index (χ2v) is 6.25. The molecule has 2 aliphatic heterocycles. The van der Waals surface area contributed by atoms with Gasteiger partial charge in [0.25, 0.3) is 0 Å². The zero-order valence-corrected chi connectivity index (χ0v) is 12.3. The van der Waals surface area contributed by atoms with Crippen LogP contribution in [0.1, 0.15) is 25.7 Å². The van der Waals surface area contributed by atoms with Crippen LogP contribution in [0.15, 0.2) is 0 Å². The Hall–Kier alpha value is -0.810. The molecule has 0 spiro atoms. The van der Waals surface area contributed by atoms with E-state index in [0.29, 0.717) is 6.04 Å². The average Bonchev–Trinajstić information content (AvgIpc) is 2.41. The molecule has 5 nitrogen and oxygen atoms in total. The lowest BCUT2D eigenvalue weighted by molar-refractivity contribution is 0.122. The van der Waals surface area contributed by atoms with E-state index < -0.39 is 0 Å². The number of hydrogen-bond acceptors (Lipinski definition) is 3. The van der Waals surface area contributed by atoms with Gasteiger partial charge >= 0.3 is 6.03 Å². The van der Waals surface area contributed by atoms with Gasteiger partial charge < -0.3 is 20.4 Å². The molecule has 2 aliphatic rings. The average molecular weight is 268 g/mol. The van der Waals surface area contributed by atoms with E-state index in [1.54, 1.807) is 4.90 Å². The quantitative estimate of drug-likeness (QED) is 0.806. The highest BCUT2D eigenvalue weighted by Crippen LogP contribution is 2.20. The lowest BCUT2D eigenvalue weighted by atomic mass is 9.95. The molecular formula is C14H28N4O. The van der Waals surface area contributed by atoms with Gasteiger partial charge in [0.2, 0.25) is 0 Å². The van der Waals surface area contributed by atoms with Crippen LogP contribution < -0.4 is 5.73 Å². The summed E-state index contributed by atoms with van der Waals surface area (Å²) in [5.41, 5.74) is 5.93. The number of amides is 2. The van der Waals surface area contributed by atoms with Gasteiger partial charge in [-0.3, -0.25) is 0 Å². The van der Waals surface area contributed by atoms with Gasteiger partial charge in [-0.25, -0.2) is 4.79 Å². The first kappa shape index (κ1) is 14.6. The van der Waals surface area contributed by atoms with Gasteiger partial charge in [0, 0.05) is 39.8 Å². The molecule has 0 aromatic heterocycles. The maximum atomic E-state index is 11.9. The molecule has 0 radical (unpaired) electrons. The number of rotatable bonds is 2. The summed E-state index contributed by atoms with van der Waals surface area (Å²) in [6.07, 6.45) is 4.56. The zero-order valence-electron chi connectivity index (χ0n) is 12.3. The van der Waals surface area contributed by atoms with Crippen LogP contribution >= 0.6 is 0 Å². The first-order valence-corrected chi connectivity index (χ1v) is 7.50. The Morgan fingerprint density at radius 3 is 2.21 bits per heavy atom. The molecule has 0 saturated carbocycles. The highest BCUT2D eigenvalue weighted by Gasteiger charge is 2.26. The van der Waals surface area contributed by atoms with Gasteiger partial charge in [-0.05, 0) is 44.7 Å². The predicted octanol–water partition coefficient (Wildman–Crippen LogP) is 0.803. The minimum absolute atomic E-state index is 0.155. The van der Waals surface area contributed by atoms with Gasteiger partial charge in [0.15, 0.2) is 0 Å². The van der Waals surface area contributed by atoms with Crippen LogP contribution in [0, 0.1) is 5.92 Å². The molecule has 5 heteroatoms. The summed E-state index contributed by atoms with van der Waals surface area (Å²) in [6.45, 7) is 5.32. The zero-order chi connectivity index (χ0) is 13.8. The standard InChI is InChI=1S/C14H28N4O/c1-16(2)14(19)18-9-3-12(4-10-18)11-17-7-5-13(15)6-8-17/h12-13H,3-11,15H2,1-2H3. The van der Waals surface area contributed by atoms with Crippen LogP contribution in [-0.4, -0.2) is 73.6 Å². The van der Waals surface area contributed by atoms with E-state index in [1.165, 1.54) is 6.54 Å². The highest BCUT2D eigenvalue weighted by atomic mass is 16.2. The molecule has 2 fully saturated rings. The Bertz CT molecular complexity index is 292. The predicted molar refractivity (Wildman–Crippen MR) is 77.0 cm³/mol. The first-order chi connectivity index (χ1) is 9.06. The van der Waals surface area contributed by atoms with Crippen LogP contribution in [0.25, 0.3) is 0 Å². The Labute approximate surface area is 116 Å². The Balaban J connectivity index is 1.70. The third kappa shape index (κ3) is 4.08. The molecular weight excluding hydrogens is 240 g/mol. The van der Waals surface area contributed by atoms with Gasteiger partial charge in [-0.1, -0.05) is 0 Å². The molecule has 2 heterocycles. The van der Waals surface area contributed by atoms with E-state index in [4.69, 9.17) is 5.73 Å². The van der Waals surface area contributed by atoms with E-state index in [0.717, 1.165) is 57.8 Å². The number of piperidine rings is 2. The fourth-order valence-corrected chi connectivity index (χ4v) is 3.09. The van der Waals surface area contributed by atoms with Crippen LogP contribution in [0.2, 0.25) is 0 Å². The molecule has 110 valence electrons. The minimum atomic E-state index is 0.155. The SMILES string of the molecule is CN(C)C(=O)N1CCC(CN2CCC(N)CC2)CC1. The van der Waals surface area contributed by atoms with Crippen molar-refractivity contribution in [1.82, 2.24) is 14.7 Å². The van der Waals surface area contributed by atoms with E-state index in [2.05, 4.69) is 4.90 Å². The van der Waals surface area contributed by atoms with Crippen LogP contribution in [0.3, 0.4) is 0 Å². The smallest absolute Gasteiger partial charge is 0.319 e. The van der Waals surface area contributed by atoms with Crippen molar-refractivity contribution in [3.8, 4) is 0 Å². The molecule has 2 saturated heterocycles. The van der Waals surface area contributed by atoms with Crippen molar-refractivity contribution in [2.24, 2.45) is 11.7 Å². The minimum Gasteiger partial charge on any atom is -0.331 e. The topological polar surface area (TPSA) is 52.8 Å². The van der Waals surface area contributed by atoms with Crippen molar-refractivity contribution in [1.29, 1.82) is 0 Å². The number of carbonyl (C=O) groups excluding carboxylic acids is 1. The fraction of sp³-hybridized carbons (Fsp3) is 0.929. The van der Waals surface area contributed by atoms with Crippen LogP contribution in [0.4, 0.5) is 4.79 Å². The van der Waals surface area contributed by atoms with Crippen molar-refractivity contribution < 1.29 is 4.79 Å². The molecule has 2 amide bonds. The lowest BCUT2D eigenvalue weighted by Gasteiger charge is -2.37. The van der Waals surface area contributed by atoms with Crippen molar-refractivity contribution in [2.75, 3.05) is 46.8 Å². The van der Waals surface area contributed by atoms with Crippen molar-refractivity contribution in [3.05, 3.63) is 0 Å². The van der Waals surface area contributed by atoms with Crippen molar-refractivity contribution in [3.63, 3.8) is 0 Å². The third-order valence-corrected chi connectivity index (χ3v) is 4.42. The molecule has 19 heavy (non-hydrogen) atoms. The monoisotopic (exact) mass is 268 g/mol. The fourth-order valence-electron chi connectivity index (χ4n) is 3.09. The number of hydrogen-bond donors (Lipinski definition) is 1. The molecule has 0 unspecified atom stereocenters. The number of nitrogens with two attached hydrogens (primary N) is 1. The van der Waals surface area contributed by atoms with E-state index in [1.807, 2.05) is 19.0 Å². The third-order valence-electron chi connectivity index (χ3n) is 4.42. The Kier molecular flexibility index (Phi) is 5.05. The Morgan fingerprint density at radius 1 is 1.11 bits per heavy atom. The normalized spacial score (nSPS) is 23.6. The second-order valence-electron chi connectivity index (χ2n) is 6.25. The van der Waals surface area contributed by atoms with Gasteiger partial charge in [-0.2, -0.15) is 0 Å². The summed E-state index contributed by atoms with van der Waals surface area (Å²) in [5, 5.41) is 0. The molecule has 0 aliphatic carbocycles. The van der Waals surface area contributed by atoms with Crippen LogP contribution in [-0.2, 0) is 0 Å². The van der Waals surface area contributed by atoms with Crippen molar-refractivity contribution in [2.45, 2.75) is 31.7 Å². The molecule has 2 rings (SSSR count). The summed E-state index contributed by atoms with van der Waals surface area (Å²) < 4.78 is 0. The first-order valence-electron chi connectivity index (χ1n) is 7.50.